The summed E-state index contributed by atoms with van der Waals surface area (Å²) in [6.07, 6.45) is 2.20. The fourth-order valence-electron chi connectivity index (χ4n) is 4.68. The summed E-state index contributed by atoms with van der Waals surface area (Å²) in [5.41, 5.74) is 2.69. The zero-order valence-electron chi connectivity index (χ0n) is 18.5. The van der Waals surface area contributed by atoms with E-state index in [9.17, 15) is 9.59 Å². The molecule has 2 aliphatic heterocycles. The summed E-state index contributed by atoms with van der Waals surface area (Å²) < 4.78 is 3.60. The number of nitrogens with zero attached hydrogens (tertiary/aromatic N) is 7. The van der Waals surface area contributed by atoms with Gasteiger partial charge in [-0.15, -0.1) is 10.2 Å². The molecule has 1 unspecified atom stereocenters. The molecule has 0 saturated heterocycles. The minimum absolute atomic E-state index is 0.0693. The molecule has 2 amide bonds. The number of hydrogen-bond donors (Lipinski definition) is 0. The van der Waals surface area contributed by atoms with Gasteiger partial charge >= 0.3 is 0 Å². The van der Waals surface area contributed by atoms with Crippen molar-refractivity contribution in [3.63, 3.8) is 0 Å². The second-order valence-corrected chi connectivity index (χ2v) is 9.40. The van der Waals surface area contributed by atoms with E-state index in [1.165, 1.54) is 0 Å². The van der Waals surface area contributed by atoms with Gasteiger partial charge < -0.3 is 14.4 Å². The van der Waals surface area contributed by atoms with Gasteiger partial charge in [-0.1, -0.05) is 23.2 Å². The van der Waals surface area contributed by atoms with Gasteiger partial charge in [0.05, 0.1) is 34.9 Å². The minimum Gasteiger partial charge on any atom is -0.331 e. The van der Waals surface area contributed by atoms with E-state index in [0.717, 1.165) is 17.1 Å². The van der Waals surface area contributed by atoms with E-state index < -0.39 is 0 Å². The van der Waals surface area contributed by atoms with E-state index in [4.69, 9.17) is 28.3 Å². The van der Waals surface area contributed by atoms with E-state index in [2.05, 4.69) is 10.2 Å². The number of carbonyl (C=O) groups is 2. The SMILES string of the molecule is CC(c1nncn1C)N1CCn2nc3c(c2C1=O)CN(C(=O)c1ccc(Cl)c(Cl)c1)[C@H](C)C3. The van der Waals surface area contributed by atoms with Gasteiger partial charge in [0, 0.05) is 37.2 Å². The highest BCUT2D eigenvalue weighted by atomic mass is 35.5. The molecule has 2 aromatic heterocycles. The van der Waals surface area contributed by atoms with E-state index >= 15 is 0 Å². The molecule has 172 valence electrons. The summed E-state index contributed by atoms with van der Waals surface area (Å²) >= 11 is 12.1. The molecule has 0 aliphatic carbocycles. The van der Waals surface area contributed by atoms with Gasteiger partial charge in [0.1, 0.15) is 12.0 Å². The first-order valence-corrected chi connectivity index (χ1v) is 11.5. The van der Waals surface area contributed by atoms with Crippen LogP contribution in [0, 0.1) is 0 Å². The van der Waals surface area contributed by atoms with E-state index in [1.807, 2.05) is 25.5 Å². The average Bonchev–Trinajstić information content (AvgIpc) is 3.37. The van der Waals surface area contributed by atoms with Gasteiger partial charge in [-0.25, -0.2) is 0 Å². The molecule has 1 aromatic carbocycles. The maximum atomic E-state index is 13.6. The van der Waals surface area contributed by atoms with Crippen LogP contribution in [0.25, 0.3) is 0 Å². The number of hydrogen-bond acceptors (Lipinski definition) is 5. The maximum Gasteiger partial charge on any atom is 0.273 e. The summed E-state index contributed by atoms with van der Waals surface area (Å²) in [6.45, 7) is 5.36. The molecule has 0 bridgehead atoms. The standard InChI is InChI=1S/C22H23Cl2N7O2/c1-12-8-18-15(10-30(12)21(32)14-4-5-16(23)17(24)9-14)19-22(33)29(6-7-31(19)27-18)13(2)20-26-25-11-28(20)3/h4-5,9,11-13H,6-8,10H2,1-3H3/t12-,13?/m1/s1. The molecule has 2 aliphatic rings. The Labute approximate surface area is 200 Å². The third kappa shape index (κ3) is 3.59. The lowest BCUT2D eigenvalue weighted by atomic mass is 9.97. The van der Waals surface area contributed by atoms with Crippen molar-refractivity contribution in [2.24, 2.45) is 7.05 Å². The van der Waals surface area contributed by atoms with Crippen LogP contribution < -0.4 is 0 Å². The first-order chi connectivity index (χ1) is 15.8. The molecule has 33 heavy (non-hydrogen) atoms. The Bertz CT molecular complexity index is 1270. The summed E-state index contributed by atoms with van der Waals surface area (Å²) in [6, 6.07) is 4.56. The fraction of sp³-hybridized carbons (Fsp3) is 0.409. The van der Waals surface area contributed by atoms with Crippen molar-refractivity contribution in [2.45, 2.75) is 45.4 Å². The van der Waals surface area contributed by atoms with Crippen LogP contribution in [0.15, 0.2) is 24.5 Å². The molecule has 3 aromatic rings. The molecule has 0 saturated carbocycles. The molecule has 11 heteroatoms. The van der Waals surface area contributed by atoms with Crippen LogP contribution in [0.4, 0.5) is 0 Å². The maximum absolute atomic E-state index is 13.6. The third-order valence-corrected chi connectivity index (χ3v) is 7.25. The predicted octanol–water partition coefficient (Wildman–Crippen LogP) is 3.12. The lowest BCUT2D eigenvalue weighted by molar-refractivity contribution is 0.0596. The van der Waals surface area contributed by atoms with Gasteiger partial charge in [0.25, 0.3) is 11.8 Å². The molecular formula is C22H23Cl2N7O2. The highest BCUT2D eigenvalue weighted by Gasteiger charge is 2.39. The number of amides is 2. The number of aromatic nitrogens is 5. The lowest BCUT2D eigenvalue weighted by Crippen LogP contribution is -2.45. The Morgan fingerprint density at radius 3 is 2.70 bits per heavy atom. The number of benzene rings is 1. The van der Waals surface area contributed by atoms with Crippen LogP contribution in [0.3, 0.4) is 0 Å². The van der Waals surface area contributed by atoms with Gasteiger partial charge in [-0.2, -0.15) is 5.10 Å². The Balaban J connectivity index is 1.46. The molecule has 0 fully saturated rings. The van der Waals surface area contributed by atoms with E-state index in [0.29, 0.717) is 47.4 Å². The molecule has 5 rings (SSSR count). The van der Waals surface area contributed by atoms with E-state index in [-0.39, 0.29) is 23.9 Å². The highest BCUT2D eigenvalue weighted by Crippen LogP contribution is 2.32. The number of carbonyl (C=O) groups excluding carboxylic acids is 2. The second-order valence-electron chi connectivity index (χ2n) is 8.59. The van der Waals surface area contributed by atoms with Crippen molar-refractivity contribution in [2.75, 3.05) is 6.54 Å². The molecule has 2 atom stereocenters. The third-order valence-electron chi connectivity index (χ3n) is 6.51. The van der Waals surface area contributed by atoms with Crippen LogP contribution in [0.1, 0.15) is 57.8 Å². The zero-order chi connectivity index (χ0) is 23.4. The van der Waals surface area contributed by atoms with Crippen molar-refractivity contribution < 1.29 is 9.59 Å². The largest absolute Gasteiger partial charge is 0.331 e. The Hall–Kier alpha value is -2.91. The van der Waals surface area contributed by atoms with Crippen molar-refractivity contribution in [1.29, 1.82) is 0 Å². The first-order valence-electron chi connectivity index (χ1n) is 10.8. The van der Waals surface area contributed by atoms with Gasteiger partial charge in [0.2, 0.25) is 0 Å². The number of rotatable bonds is 3. The summed E-state index contributed by atoms with van der Waals surface area (Å²) in [5, 5.41) is 13.6. The quantitative estimate of drug-likeness (QED) is 0.565. The van der Waals surface area contributed by atoms with Gasteiger partial charge in [-0.3, -0.25) is 14.3 Å². The average molecular weight is 488 g/mol. The number of aryl methyl sites for hydroxylation is 1. The molecule has 0 radical (unpaired) electrons. The molecule has 0 spiro atoms. The van der Waals surface area contributed by atoms with Crippen LogP contribution in [-0.2, 0) is 26.6 Å². The number of halogens is 2. The van der Waals surface area contributed by atoms with Crippen LogP contribution in [0.5, 0.6) is 0 Å². The number of fused-ring (bicyclic) bond motifs is 3. The van der Waals surface area contributed by atoms with Crippen LogP contribution in [-0.4, -0.2) is 58.7 Å². The second kappa shape index (κ2) is 8.14. The predicted molar refractivity (Wildman–Crippen MR) is 122 cm³/mol. The monoisotopic (exact) mass is 487 g/mol. The topological polar surface area (TPSA) is 89.2 Å². The van der Waals surface area contributed by atoms with Crippen molar-refractivity contribution >= 4 is 35.0 Å². The fourth-order valence-corrected chi connectivity index (χ4v) is 4.98. The van der Waals surface area contributed by atoms with Crippen molar-refractivity contribution in [3.8, 4) is 0 Å². The van der Waals surface area contributed by atoms with Crippen LogP contribution >= 0.6 is 23.2 Å². The minimum atomic E-state index is -0.235. The normalized spacial score (nSPS) is 18.8. The molecule has 9 nitrogen and oxygen atoms in total. The summed E-state index contributed by atoms with van der Waals surface area (Å²) in [7, 11) is 1.86. The Kier molecular flexibility index (Phi) is 5.41. The molecular weight excluding hydrogens is 465 g/mol. The lowest BCUT2D eigenvalue weighted by Gasteiger charge is -2.35. The molecule has 0 N–H and O–H groups in total. The first kappa shape index (κ1) is 21.9. The summed E-state index contributed by atoms with van der Waals surface area (Å²) in [4.78, 5) is 30.4. The van der Waals surface area contributed by atoms with Crippen LogP contribution in [0.2, 0.25) is 10.0 Å². The van der Waals surface area contributed by atoms with Gasteiger partial charge in [-0.05, 0) is 32.0 Å². The highest BCUT2D eigenvalue weighted by molar-refractivity contribution is 6.42. The molecule has 4 heterocycles. The van der Waals surface area contributed by atoms with E-state index in [1.54, 1.807) is 39.0 Å². The zero-order valence-corrected chi connectivity index (χ0v) is 20.0. The summed E-state index contributed by atoms with van der Waals surface area (Å²) in [5.74, 6) is 0.455. The van der Waals surface area contributed by atoms with Crippen molar-refractivity contribution in [1.82, 2.24) is 34.3 Å². The smallest absolute Gasteiger partial charge is 0.273 e. The Morgan fingerprint density at radius 2 is 2.00 bits per heavy atom. The Morgan fingerprint density at radius 1 is 1.21 bits per heavy atom. The van der Waals surface area contributed by atoms with Crippen molar-refractivity contribution in [3.05, 3.63) is 62.9 Å². The van der Waals surface area contributed by atoms with Gasteiger partial charge in [0.15, 0.2) is 5.82 Å².